The number of para-hydroxylation sites is 1. The normalized spacial score (nSPS) is 19.3. The van der Waals surface area contributed by atoms with E-state index in [0.717, 1.165) is 36.3 Å². The van der Waals surface area contributed by atoms with Gasteiger partial charge in [0.25, 0.3) is 0 Å². The summed E-state index contributed by atoms with van der Waals surface area (Å²) in [6.07, 6.45) is 1.18. The summed E-state index contributed by atoms with van der Waals surface area (Å²) >= 11 is 0. The average Bonchev–Trinajstić information content (AvgIpc) is 3.05. The van der Waals surface area contributed by atoms with Crippen LogP contribution in [0, 0.1) is 0 Å². The molecule has 2 aromatic rings. The van der Waals surface area contributed by atoms with E-state index >= 15 is 0 Å². The van der Waals surface area contributed by atoms with E-state index in [1.165, 1.54) is 5.56 Å². The van der Waals surface area contributed by atoms with Gasteiger partial charge in [0.15, 0.2) is 0 Å². The van der Waals surface area contributed by atoms with Crippen molar-refractivity contribution in [2.45, 2.75) is 25.7 Å². The van der Waals surface area contributed by atoms with Crippen LogP contribution in [0.15, 0.2) is 28.7 Å². The highest BCUT2D eigenvalue weighted by molar-refractivity contribution is 5.82. The van der Waals surface area contributed by atoms with Gasteiger partial charge in [-0.05, 0) is 19.5 Å². The lowest BCUT2D eigenvalue weighted by Gasteiger charge is -2.09. The highest BCUT2D eigenvalue weighted by Gasteiger charge is 2.19. The van der Waals surface area contributed by atoms with Gasteiger partial charge >= 0.3 is 0 Å². The van der Waals surface area contributed by atoms with Crippen molar-refractivity contribution >= 4 is 11.0 Å². The van der Waals surface area contributed by atoms with Crippen LogP contribution in [0.4, 0.5) is 0 Å². The number of nitrogens with one attached hydrogen (secondary N) is 1. The van der Waals surface area contributed by atoms with Crippen molar-refractivity contribution in [1.82, 2.24) is 5.32 Å². The van der Waals surface area contributed by atoms with Crippen LogP contribution in [0.5, 0.6) is 0 Å². The zero-order chi connectivity index (χ0) is 13.1. The molecule has 0 saturated carbocycles. The van der Waals surface area contributed by atoms with Gasteiger partial charge in [0, 0.05) is 24.1 Å². The van der Waals surface area contributed by atoms with E-state index in [2.05, 4.69) is 11.4 Å². The van der Waals surface area contributed by atoms with Crippen LogP contribution >= 0.6 is 0 Å². The molecule has 1 aromatic heterocycles. The zero-order valence-corrected chi connectivity index (χ0v) is 11.1. The lowest BCUT2D eigenvalue weighted by atomic mass is 10.1. The summed E-state index contributed by atoms with van der Waals surface area (Å²) in [6, 6.07) is 8.11. The molecule has 1 saturated heterocycles. The SMILES string of the molecule is CNCc1c(COC2CCOC2)oc2ccccc12. The summed E-state index contributed by atoms with van der Waals surface area (Å²) in [5.74, 6) is 0.919. The van der Waals surface area contributed by atoms with E-state index in [4.69, 9.17) is 13.9 Å². The summed E-state index contributed by atoms with van der Waals surface area (Å²) < 4.78 is 17.1. The third-order valence-corrected chi connectivity index (χ3v) is 3.47. The Morgan fingerprint density at radius 1 is 1.37 bits per heavy atom. The van der Waals surface area contributed by atoms with E-state index in [9.17, 15) is 0 Å². The van der Waals surface area contributed by atoms with E-state index in [-0.39, 0.29) is 6.10 Å². The Labute approximate surface area is 112 Å². The van der Waals surface area contributed by atoms with Crippen LogP contribution in [0.1, 0.15) is 17.7 Å². The average molecular weight is 261 g/mol. The number of benzene rings is 1. The Balaban J connectivity index is 1.82. The highest BCUT2D eigenvalue weighted by atomic mass is 16.5. The molecular weight excluding hydrogens is 242 g/mol. The third kappa shape index (κ3) is 2.66. The summed E-state index contributed by atoms with van der Waals surface area (Å²) in [4.78, 5) is 0. The minimum absolute atomic E-state index is 0.204. The van der Waals surface area contributed by atoms with Crippen molar-refractivity contribution in [2.75, 3.05) is 20.3 Å². The van der Waals surface area contributed by atoms with Gasteiger partial charge in [-0.15, -0.1) is 0 Å². The molecule has 1 atom stereocenters. The molecule has 4 nitrogen and oxygen atoms in total. The maximum absolute atomic E-state index is 5.91. The Morgan fingerprint density at radius 3 is 3.05 bits per heavy atom. The molecule has 0 bridgehead atoms. The maximum atomic E-state index is 5.91. The van der Waals surface area contributed by atoms with Crippen molar-refractivity contribution in [3.63, 3.8) is 0 Å². The number of furan rings is 1. The van der Waals surface area contributed by atoms with Crippen LogP contribution in [0.3, 0.4) is 0 Å². The fraction of sp³-hybridized carbons (Fsp3) is 0.467. The molecule has 1 fully saturated rings. The third-order valence-electron chi connectivity index (χ3n) is 3.47. The van der Waals surface area contributed by atoms with Crippen LogP contribution < -0.4 is 5.32 Å². The molecule has 1 aromatic carbocycles. The van der Waals surface area contributed by atoms with Gasteiger partial charge in [-0.25, -0.2) is 0 Å². The van der Waals surface area contributed by atoms with E-state index in [1.807, 2.05) is 25.2 Å². The van der Waals surface area contributed by atoms with Gasteiger partial charge in [-0.3, -0.25) is 0 Å². The first-order valence-corrected chi connectivity index (χ1v) is 6.71. The Bertz CT molecular complexity index is 543. The minimum atomic E-state index is 0.204. The largest absolute Gasteiger partial charge is 0.458 e. The fourth-order valence-corrected chi connectivity index (χ4v) is 2.47. The monoisotopic (exact) mass is 261 g/mol. The molecule has 1 aliphatic heterocycles. The molecule has 3 rings (SSSR count). The van der Waals surface area contributed by atoms with Gasteiger partial charge in [0.05, 0.1) is 12.7 Å². The second kappa shape index (κ2) is 5.74. The molecule has 2 heterocycles. The second-order valence-corrected chi connectivity index (χ2v) is 4.83. The van der Waals surface area contributed by atoms with Crippen LogP contribution in [0.25, 0.3) is 11.0 Å². The summed E-state index contributed by atoms with van der Waals surface area (Å²) in [5.41, 5.74) is 2.12. The number of rotatable bonds is 5. The van der Waals surface area contributed by atoms with Crippen molar-refractivity contribution in [3.8, 4) is 0 Å². The van der Waals surface area contributed by atoms with Crippen LogP contribution in [-0.4, -0.2) is 26.4 Å². The molecule has 1 unspecified atom stereocenters. The van der Waals surface area contributed by atoms with Gasteiger partial charge in [0.2, 0.25) is 0 Å². The van der Waals surface area contributed by atoms with Crippen molar-refractivity contribution in [1.29, 1.82) is 0 Å². The first kappa shape index (κ1) is 12.7. The lowest BCUT2D eigenvalue weighted by molar-refractivity contribution is 0.0236. The molecular formula is C15H19NO3. The molecule has 1 aliphatic rings. The number of hydrogen-bond acceptors (Lipinski definition) is 4. The minimum Gasteiger partial charge on any atom is -0.458 e. The summed E-state index contributed by atoms with van der Waals surface area (Å²) in [5, 5.41) is 4.36. The Hall–Kier alpha value is -1.36. The van der Waals surface area contributed by atoms with Gasteiger partial charge in [-0.1, -0.05) is 18.2 Å². The topological polar surface area (TPSA) is 43.6 Å². The molecule has 0 radical (unpaired) electrons. The highest BCUT2D eigenvalue weighted by Crippen LogP contribution is 2.27. The Morgan fingerprint density at radius 2 is 2.26 bits per heavy atom. The summed E-state index contributed by atoms with van der Waals surface area (Å²) in [7, 11) is 1.94. The predicted octanol–water partition coefficient (Wildman–Crippen LogP) is 2.46. The second-order valence-electron chi connectivity index (χ2n) is 4.83. The number of ether oxygens (including phenoxy) is 2. The van der Waals surface area contributed by atoms with Crippen molar-refractivity contribution in [2.24, 2.45) is 0 Å². The molecule has 4 heteroatoms. The van der Waals surface area contributed by atoms with Crippen molar-refractivity contribution < 1.29 is 13.9 Å². The van der Waals surface area contributed by atoms with Gasteiger partial charge < -0.3 is 19.2 Å². The number of hydrogen-bond donors (Lipinski definition) is 1. The van der Waals surface area contributed by atoms with E-state index in [1.54, 1.807) is 0 Å². The standard InChI is InChI=1S/C15H19NO3/c1-16-8-13-12-4-2-3-5-14(12)19-15(13)10-18-11-6-7-17-9-11/h2-5,11,16H,6-10H2,1H3. The van der Waals surface area contributed by atoms with E-state index < -0.39 is 0 Å². The van der Waals surface area contributed by atoms with E-state index in [0.29, 0.717) is 13.2 Å². The number of fused-ring (bicyclic) bond motifs is 1. The predicted molar refractivity (Wildman–Crippen MR) is 73.0 cm³/mol. The summed E-state index contributed by atoms with van der Waals surface area (Å²) in [6.45, 7) is 2.80. The van der Waals surface area contributed by atoms with Crippen LogP contribution in [-0.2, 0) is 22.6 Å². The van der Waals surface area contributed by atoms with Crippen molar-refractivity contribution in [3.05, 3.63) is 35.6 Å². The molecule has 0 aliphatic carbocycles. The molecule has 1 N–H and O–H groups in total. The first-order chi connectivity index (χ1) is 9.38. The molecule has 0 spiro atoms. The lowest BCUT2D eigenvalue weighted by Crippen LogP contribution is -2.13. The van der Waals surface area contributed by atoms with Gasteiger partial charge in [0.1, 0.15) is 18.0 Å². The fourth-order valence-electron chi connectivity index (χ4n) is 2.47. The quantitative estimate of drug-likeness (QED) is 0.898. The Kier molecular flexibility index (Phi) is 3.82. The smallest absolute Gasteiger partial charge is 0.135 e. The van der Waals surface area contributed by atoms with Crippen LogP contribution in [0.2, 0.25) is 0 Å². The molecule has 0 amide bonds. The zero-order valence-electron chi connectivity index (χ0n) is 11.1. The molecule has 102 valence electrons. The maximum Gasteiger partial charge on any atom is 0.135 e. The molecule has 19 heavy (non-hydrogen) atoms. The first-order valence-electron chi connectivity index (χ1n) is 6.71. The van der Waals surface area contributed by atoms with Gasteiger partial charge in [-0.2, -0.15) is 0 Å².